The lowest BCUT2D eigenvalue weighted by Crippen LogP contribution is -2.45. The molecule has 2 rings (SSSR count). The first-order valence-electron chi connectivity index (χ1n) is 7.58. The molecule has 0 spiro atoms. The second-order valence-corrected chi connectivity index (χ2v) is 5.67. The van der Waals surface area contributed by atoms with Crippen molar-refractivity contribution >= 4 is 17.9 Å². The van der Waals surface area contributed by atoms with E-state index in [0.29, 0.717) is 11.5 Å². The smallest absolute Gasteiger partial charge is 0.342 e. The van der Waals surface area contributed by atoms with Crippen molar-refractivity contribution in [2.45, 2.75) is 26.9 Å². The molecule has 0 aliphatic carbocycles. The molecule has 132 valence electrons. The SMILES string of the molecule is Cc1c(C(=O)OC(C(=O)NC(N)=O)C(C)C)cnn1-c1ccccn1. The molecule has 0 fully saturated rings. The van der Waals surface area contributed by atoms with Gasteiger partial charge in [-0.25, -0.2) is 19.3 Å². The Morgan fingerprint density at radius 1 is 1.28 bits per heavy atom. The second-order valence-electron chi connectivity index (χ2n) is 5.67. The normalized spacial score (nSPS) is 11.8. The van der Waals surface area contributed by atoms with Gasteiger partial charge in [0.25, 0.3) is 5.91 Å². The van der Waals surface area contributed by atoms with Crippen LogP contribution in [0.4, 0.5) is 4.79 Å². The number of rotatable bonds is 5. The molecule has 0 bridgehead atoms. The highest BCUT2D eigenvalue weighted by atomic mass is 16.5. The van der Waals surface area contributed by atoms with Crippen LogP contribution in [-0.2, 0) is 9.53 Å². The van der Waals surface area contributed by atoms with E-state index in [0.717, 1.165) is 0 Å². The van der Waals surface area contributed by atoms with Crippen LogP contribution in [0, 0.1) is 12.8 Å². The van der Waals surface area contributed by atoms with Crippen LogP contribution in [0.25, 0.3) is 5.82 Å². The number of urea groups is 1. The minimum atomic E-state index is -1.15. The van der Waals surface area contributed by atoms with Gasteiger partial charge < -0.3 is 10.5 Å². The summed E-state index contributed by atoms with van der Waals surface area (Å²) in [6.07, 6.45) is 1.80. The molecule has 2 aromatic rings. The van der Waals surface area contributed by atoms with Crippen LogP contribution in [0.1, 0.15) is 29.9 Å². The highest BCUT2D eigenvalue weighted by Gasteiger charge is 2.29. The number of amides is 3. The van der Waals surface area contributed by atoms with E-state index in [1.807, 2.05) is 5.32 Å². The number of carbonyl (C=O) groups excluding carboxylic acids is 3. The average molecular weight is 345 g/mol. The molecular formula is C16H19N5O4. The monoisotopic (exact) mass is 345 g/mol. The highest BCUT2D eigenvalue weighted by Crippen LogP contribution is 2.16. The Morgan fingerprint density at radius 2 is 2.00 bits per heavy atom. The van der Waals surface area contributed by atoms with E-state index < -0.39 is 24.0 Å². The average Bonchev–Trinajstić information content (AvgIpc) is 2.93. The standard InChI is InChI=1S/C16H19N5O4/c1-9(2)13(14(22)20-16(17)24)25-15(23)11-8-19-21(10(11)3)12-6-4-5-7-18-12/h4-9,13H,1-3H3,(H3,17,20,22,24). The van der Waals surface area contributed by atoms with Gasteiger partial charge in [0.15, 0.2) is 11.9 Å². The van der Waals surface area contributed by atoms with Crippen molar-refractivity contribution in [3.63, 3.8) is 0 Å². The second kappa shape index (κ2) is 7.56. The molecule has 0 saturated carbocycles. The lowest BCUT2D eigenvalue weighted by atomic mass is 10.1. The Kier molecular flexibility index (Phi) is 5.48. The first-order chi connectivity index (χ1) is 11.8. The number of nitrogens with two attached hydrogens (primary N) is 1. The maximum atomic E-state index is 12.4. The van der Waals surface area contributed by atoms with Gasteiger partial charge in [-0.3, -0.25) is 10.1 Å². The maximum absolute atomic E-state index is 12.4. The Hall–Kier alpha value is -3.23. The summed E-state index contributed by atoms with van der Waals surface area (Å²) in [5.74, 6) is -1.30. The number of nitrogens with one attached hydrogen (secondary N) is 1. The van der Waals surface area contributed by atoms with Crippen LogP contribution in [0.2, 0.25) is 0 Å². The molecule has 2 heterocycles. The number of ether oxygens (including phenoxy) is 1. The predicted octanol–water partition coefficient (Wildman–Crippen LogP) is 0.952. The van der Waals surface area contributed by atoms with Crippen molar-refractivity contribution in [3.05, 3.63) is 41.9 Å². The highest BCUT2D eigenvalue weighted by molar-refractivity contribution is 5.98. The summed E-state index contributed by atoms with van der Waals surface area (Å²) in [7, 11) is 0. The summed E-state index contributed by atoms with van der Waals surface area (Å²) in [6.45, 7) is 5.05. The molecule has 25 heavy (non-hydrogen) atoms. The first kappa shape index (κ1) is 18.1. The van der Waals surface area contributed by atoms with Crippen molar-refractivity contribution in [2.75, 3.05) is 0 Å². The van der Waals surface area contributed by atoms with Crippen LogP contribution < -0.4 is 11.1 Å². The Labute approximate surface area is 144 Å². The van der Waals surface area contributed by atoms with Crippen molar-refractivity contribution in [3.8, 4) is 5.82 Å². The lowest BCUT2D eigenvalue weighted by Gasteiger charge is -2.19. The van der Waals surface area contributed by atoms with Gasteiger partial charge >= 0.3 is 12.0 Å². The topological polar surface area (TPSA) is 129 Å². The Balaban J connectivity index is 2.21. The van der Waals surface area contributed by atoms with E-state index in [4.69, 9.17) is 10.5 Å². The molecule has 9 heteroatoms. The van der Waals surface area contributed by atoms with Crippen LogP contribution in [-0.4, -0.2) is 38.8 Å². The van der Waals surface area contributed by atoms with E-state index in [-0.39, 0.29) is 11.5 Å². The number of aromatic nitrogens is 3. The molecule has 9 nitrogen and oxygen atoms in total. The summed E-state index contributed by atoms with van der Waals surface area (Å²) in [5, 5.41) is 6.05. The van der Waals surface area contributed by atoms with Gasteiger partial charge in [-0.05, 0) is 25.0 Å². The molecule has 0 aromatic carbocycles. The molecule has 3 amide bonds. The largest absolute Gasteiger partial charge is 0.448 e. The number of esters is 1. The molecule has 0 aliphatic heterocycles. The van der Waals surface area contributed by atoms with E-state index in [1.165, 1.54) is 10.9 Å². The number of hydrogen-bond acceptors (Lipinski definition) is 6. The molecular weight excluding hydrogens is 326 g/mol. The molecule has 2 aromatic heterocycles. The zero-order valence-electron chi connectivity index (χ0n) is 14.1. The Morgan fingerprint density at radius 3 is 2.56 bits per heavy atom. The zero-order valence-corrected chi connectivity index (χ0v) is 14.1. The van der Waals surface area contributed by atoms with Gasteiger partial charge in [0.05, 0.1) is 11.9 Å². The van der Waals surface area contributed by atoms with Gasteiger partial charge in [-0.2, -0.15) is 5.10 Å². The molecule has 0 saturated heterocycles. The summed E-state index contributed by atoms with van der Waals surface area (Å²) >= 11 is 0. The molecule has 1 unspecified atom stereocenters. The number of nitrogens with zero attached hydrogens (tertiary/aromatic N) is 3. The van der Waals surface area contributed by atoms with E-state index in [9.17, 15) is 14.4 Å². The third-order valence-corrected chi connectivity index (χ3v) is 3.44. The van der Waals surface area contributed by atoms with E-state index in [1.54, 1.807) is 45.2 Å². The van der Waals surface area contributed by atoms with Crippen molar-refractivity contribution < 1.29 is 19.1 Å². The lowest BCUT2D eigenvalue weighted by molar-refractivity contribution is -0.130. The summed E-state index contributed by atoms with van der Waals surface area (Å²) < 4.78 is 6.75. The third-order valence-electron chi connectivity index (χ3n) is 3.44. The van der Waals surface area contributed by atoms with Crippen LogP contribution in [0.15, 0.2) is 30.6 Å². The van der Waals surface area contributed by atoms with Gasteiger partial charge in [0, 0.05) is 6.20 Å². The fourth-order valence-electron chi connectivity index (χ4n) is 2.18. The molecule has 0 aliphatic rings. The quantitative estimate of drug-likeness (QED) is 0.776. The summed E-state index contributed by atoms with van der Waals surface area (Å²) in [4.78, 5) is 39.4. The summed E-state index contributed by atoms with van der Waals surface area (Å²) in [5.41, 5.74) is 5.65. The minimum absolute atomic E-state index is 0.197. The number of hydrogen-bond donors (Lipinski definition) is 2. The number of imide groups is 1. The molecule has 1 atom stereocenters. The number of primary amides is 1. The van der Waals surface area contributed by atoms with Crippen molar-refractivity contribution in [1.82, 2.24) is 20.1 Å². The summed E-state index contributed by atoms with van der Waals surface area (Å²) in [6, 6.07) is 4.30. The third kappa shape index (κ3) is 4.19. The van der Waals surface area contributed by atoms with Crippen molar-refractivity contribution in [2.24, 2.45) is 11.7 Å². The number of carbonyl (C=O) groups is 3. The maximum Gasteiger partial charge on any atom is 0.342 e. The van der Waals surface area contributed by atoms with E-state index >= 15 is 0 Å². The minimum Gasteiger partial charge on any atom is -0.448 e. The van der Waals surface area contributed by atoms with Gasteiger partial charge in [-0.15, -0.1) is 0 Å². The van der Waals surface area contributed by atoms with E-state index in [2.05, 4.69) is 10.1 Å². The van der Waals surface area contributed by atoms with Crippen molar-refractivity contribution in [1.29, 1.82) is 0 Å². The van der Waals surface area contributed by atoms with Gasteiger partial charge in [-0.1, -0.05) is 19.9 Å². The zero-order chi connectivity index (χ0) is 18.6. The predicted molar refractivity (Wildman–Crippen MR) is 87.9 cm³/mol. The number of pyridine rings is 1. The van der Waals surface area contributed by atoms with Crippen LogP contribution in [0.3, 0.4) is 0 Å². The molecule has 3 N–H and O–H groups in total. The van der Waals surface area contributed by atoms with Crippen LogP contribution >= 0.6 is 0 Å². The van der Waals surface area contributed by atoms with Gasteiger partial charge in [0.1, 0.15) is 5.56 Å². The van der Waals surface area contributed by atoms with Gasteiger partial charge in [0.2, 0.25) is 0 Å². The fraction of sp³-hybridized carbons (Fsp3) is 0.312. The Bertz CT molecular complexity index is 785. The fourth-order valence-corrected chi connectivity index (χ4v) is 2.18. The first-order valence-corrected chi connectivity index (χ1v) is 7.58. The molecule has 0 radical (unpaired) electrons. The van der Waals surface area contributed by atoms with Crippen LogP contribution in [0.5, 0.6) is 0 Å².